The average molecular weight is 529 g/mol. The van der Waals surface area contributed by atoms with Crippen molar-refractivity contribution in [2.75, 3.05) is 23.8 Å². The normalized spacial score (nSPS) is 20.3. The molecule has 4 heterocycles. The number of aromatic nitrogens is 4. The van der Waals surface area contributed by atoms with Crippen LogP contribution in [0.1, 0.15) is 12.7 Å². The third-order valence-electron chi connectivity index (χ3n) is 4.40. The van der Waals surface area contributed by atoms with Crippen LogP contribution < -0.4 is 11.1 Å². The maximum absolute atomic E-state index is 12.9. The highest BCUT2D eigenvalue weighted by atomic mass is 32.2. The first-order valence-corrected chi connectivity index (χ1v) is 13.0. The molecule has 4 N–H and O–H groups in total. The van der Waals surface area contributed by atoms with E-state index in [-0.39, 0.29) is 29.0 Å². The van der Waals surface area contributed by atoms with Crippen LogP contribution in [0.4, 0.5) is 5.13 Å². The molecule has 33 heavy (non-hydrogen) atoms. The van der Waals surface area contributed by atoms with Crippen LogP contribution in [0.3, 0.4) is 0 Å². The van der Waals surface area contributed by atoms with Crippen LogP contribution >= 0.6 is 46.4 Å². The van der Waals surface area contributed by atoms with Crippen LogP contribution in [0.2, 0.25) is 0 Å². The van der Waals surface area contributed by atoms with E-state index in [4.69, 9.17) is 10.6 Å². The largest absolute Gasteiger partial charge is 0.477 e. The lowest BCUT2D eigenvalue weighted by atomic mass is 10.0. The van der Waals surface area contributed by atoms with Crippen molar-refractivity contribution in [2.24, 2.45) is 5.16 Å². The molecule has 0 radical (unpaired) electrons. The van der Waals surface area contributed by atoms with Gasteiger partial charge in [-0.1, -0.05) is 28.3 Å². The molecule has 0 aromatic carbocycles. The molecule has 0 bridgehead atoms. The molecule has 1 fully saturated rings. The maximum Gasteiger partial charge on any atom is 0.352 e. The number of β-lactam (4-membered cyclic amide) rings is 1. The van der Waals surface area contributed by atoms with Crippen LogP contribution in [0.25, 0.3) is 0 Å². The van der Waals surface area contributed by atoms with Crippen molar-refractivity contribution in [3.05, 3.63) is 22.6 Å². The van der Waals surface area contributed by atoms with E-state index in [9.17, 15) is 19.5 Å². The molecule has 2 amide bonds. The second-order valence-electron chi connectivity index (χ2n) is 6.43. The number of hydrogen-bond acceptors (Lipinski definition) is 14. The van der Waals surface area contributed by atoms with Gasteiger partial charge in [0.05, 0.1) is 0 Å². The molecule has 0 spiro atoms. The van der Waals surface area contributed by atoms with Gasteiger partial charge >= 0.3 is 5.97 Å². The van der Waals surface area contributed by atoms with Gasteiger partial charge in [0.2, 0.25) is 11.5 Å². The number of carboxylic acids is 1. The summed E-state index contributed by atoms with van der Waals surface area (Å²) < 4.78 is 4.67. The zero-order valence-electron chi connectivity index (χ0n) is 16.8. The van der Waals surface area contributed by atoms with E-state index in [0.717, 1.165) is 11.5 Å². The Labute approximate surface area is 203 Å². The molecule has 2 aliphatic rings. The molecule has 0 saturated carbocycles. The number of carbonyl (C=O) groups is 3. The van der Waals surface area contributed by atoms with Gasteiger partial charge in [-0.3, -0.25) is 14.5 Å². The van der Waals surface area contributed by atoms with E-state index in [2.05, 4.69) is 30.0 Å². The van der Waals surface area contributed by atoms with Gasteiger partial charge < -0.3 is 21.0 Å². The molecule has 0 aliphatic carbocycles. The van der Waals surface area contributed by atoms with Gasteiger partial charge in [0.1, 0.15) is 29.2 Å². The first-order valence-electron chi connectivity index (χ1n) is 9.30. The number of anilines is 1. The molecule has 174 valence electrons. The van der Waals surface area contributed by atoms with E-state index in [1.807, 2.05) is 0 Å². The van der Waals surface area contributed by atoms with Crippen molar-refractivity contribution in [2.45, 2.75) is 22.7 Å². The predicted octanol–water partition coefficient (Wildman–Crippen LogP) is 0.243. The summed E-state index contributed by atoms with van der Waals surface area (Å²) in [4.78, 5) is 47.8. The highest BCUT2D eigenvalue weighted by Crippen LogP contribution is 2.41. The van der Waals surface area contributed by atoms with E-state index in [0.29, 0.717) is 21.4 Å². The third-order valence-corrected chi connectivity index (χ3v) is 8.23. The number of hydrogen-bond donors (Lipinski definition) is 3. The number of nitrogens with zero attached hydrogens (tertiary/aromatic N) is 6. The van der Waals surface area contributed by atoms with Crippen molar-refractivity contribution in [3.63, 3.8) is 0 Å². The van der Waals surface area contributed by atoms with Crippen LogP contribution in [0, 0.1) is 0 Å². The van der Waals surface area contributed by atoms with Crippen molar-refractivity contribution in [1.29, 1.82) is 0 Å². The van der Waals surface area contributed by atoms with E-state index >= 15 is 0 Å². The SMILES string of the molecule is CCON=C(C(=O)NC1C(=O)N2C(C(=O)O)=C(CSc3nncs3)CS[C@@H]12)c1nsc(N)n1. The zero-order chi connectivity index (χ0) is 23.5. The first kappa shape index (κ1) is 23.4. The van der Waals surface area contributed by atoms with Gasteiger partial charge in [0, 0.05) is 23.0 Å². The lowest BCUT2D eigenvalue weighted by Gasteiger charge is -2.49. The molecule has 17 heteroatoms. The van der Waals surface area contributed by atoms with Gasteiger partial charge in [-0.05, 0) is 12.5 Å². The summed E-state index contributed by atoms with van der Waals surface area (Å²) in [5, 5.41) is 23.4. The molecule has 2 aromatic rings. The number of nitrogen functional groups attached to an aromatic ring is 1. The highest BCUT2D eigenvalue weighted by molar-refractivity contribution is 8.01. The fourth-order valence-electron chi connectivity index (χ4n) is 3.02. The first-order chi connectivity index (χ1) is 15.9. The van der Waals surface area contributed by atoms with Gasteiger partial charge in [-0.2, -0.15) is 9.36 Å². The fourth-order valence-corrected chi connectivity index (χ4v) is 6.43. The van der Waals surface area contributed by atoms with Crippen molar-refractivity contribution >= 4 is 75.0 Å². The number of nitrogens with one attached hydrogen (secondary N) is 1. The van der Waals surface area contributed by atoms with E-state index in [1.54, 1.807) is 12.4 Å². The number of fused-ring (bicyclic) bond motifs is 1. The summed E-state index contributed by atoms with van der Waals surface area (Å²) in [6, 6.07) is -0.933. The third kappa shape index (κ3) is 4.80. The molecule has 13 nitrogen and oxygen atoms in total. The number of oxime groups is 1. The molecular formula is C16H16N8O5S4. The molecule has 2 aliphatic heterocycles. The van der Waals surface area contributed by atoms with Crippen LogP contribution in [-0.2, 0) is 19.2 Å². The highest BCUT2D eigenvalue weighted by Gasteiger charge is 2.54. The van der Waals surface area contributed by atoms with Crippen molar-refractivity contribution < 1.29 is 24.3 Å². The summed E-state index contributed by atoms with van der Waals surface area (Å²) in [5.41, 5.74) is 7.49. The number of amides is 2. The Bertz CT molecular complexity index is 1130. The summed E-state index contributed by atoms with van der Waals surface area (Å²) in [7, 11) is 0. The minimum Gasteiger partial charge on any atom is -0.477 e. The lowest BCUT2D eigenvalue weighted by molar-refractivity contribution is -0.150. The maximum atomic E-state index is 12.9. The van der Waals surface area contributed by atoms with Crippen LogP contribution in [0.5, 0.6) is 0 Å². The number of thioether (sulfide) groups is 2. The number of carbonyl (C=O) groups excluding carboxylic acids is 2. The smallest absolute Gasteiger partial charge is 0.352 e. The molecular weight excluding hydrogens is 512 g/mol. The second kappa shape index (κ2) is 10.0. The summed E-state index contributed by atoms with van der Waals surface area (Å²) in [6.45, 7) is 1.89. The fraction of sp³-hybridized carbons (Fsp3) is 0.375. The topological polar surface area (TPSA) is 186 Å². The van der Waals surface area contributed by atoms with Crippen LogP contribution in [-0.4, -0.2) is 82.6 Å². The Morgan fingerprint density at radius 3 is 2.94 bits per heavy atom. The Kier molecular flexibility index (Phi) is 7.11. The number of aliphatic carboxylic acids is 1. The van der Waals surface area contributed by atoms with Crippen molar-refractivity contribution in [3.8, 4) is 0 Å². The van der Waals surface area contributed by atoms with Crippen LogP contribution in [0.15, 0.2) is 26.3 Å². The Hall–Kier alpha value is -2.76. The lowest BCUT2D eigenvalue weighted by Crippen LogP contribution is -2.71. The second-order valence-corrected chi connectivity index (χ2v) is 10.4. The molecule has 1 saturated heterocycles. The Morgan fingerprint density at radius 1 is 1.48 bits per heavy atom. The molecule has 2 aromatic heterocycles. The van der Waals surface area contributed by atoms with Gasteiger partial charge in [-0.15, -0.1) is 22.0 Å². The van der Waals surface area contributed by atoms with E-state index < -0.39 is 29.2 Å². The average Bonchev–Trinajstić information content (AvgIpc) is 3.47. The molecule has 1 unspecified atom stereocenters. The molecule has 4 rings (SSSR count). The minimum absolute atomic E-state index is 0.0227. The number of nitrogens with two attached hydrogens (primary N) is 1. The predicted molar refractivity (Wildman–Crippen MR) is 123 cm³/mol. The summed E-state index contributed by atoms with van der Waals surface area (Å²) in [6.07, 6.45) is 0. The minimum atomic E-state index is -1.20. The number of rotatable bonds is 9. The Morgan fingerprint density at radius 2 is 2.30 bits per heavy atom. The summed E-state index contributed by atoms with van der Waals surface area (Å²) in [5.74, 6) is -1.73. The number of carboxylic acid groups (broad SMARTS) is 1. The van der Waals surface area contributed by atoms with Gasteiger partial charge in [0.15, 0.2) is 9.47 Å². The zero-order valence-corrected chi connectivity index (χ0v) is 20.1. The molecule has 2 atom stereocenters. The van der Waals surface area contributed by atoms with Gasteiger partial charge in [0.25, 0.3) is 11.8 Å². The standard InChI is InChI=1S/C16H16N8O5S4/c1-2-29-22-7(10-20-15(17)33-23-10)11(25)19-8-12(26)24-9(14(27)28)6(3-30-13(8)24)4-31-16-21-18-5-32-16/h5,8,13H,2-4H2,1H3,(H,19,25)(H,27,28)(H2,17,20,23)/t8?,13-/m0/s1. The monoisotopic (exact) mass is 528 g/mol. The van der Waals surface area contributed by atoms with Crippen molar-refractivity contribution in [1.82, 2.24) is 29.8 Å². The quantitative estimate of drug-likeness (QED) is 0.174. The van der Waals surface area contributed by atoms with E-state index in [1.165, 1.54) is 39.8 Å². The summed E-state index contributed by atoms with van der Waals surface area (Å²) >= 11 is 4.96. The Balaban J connectivity index is 1.49. The van der Waals surface area contributed by atoms with Gasteiger partial charge in [-0.25, -0.2) is 4.79 Å².